The minimum Gasteiger partial charge on any atom is -0.350 e. The highest BCUT2D eigenvalue weighted by molar-refractivity contribution is 7.92. The van der Waals surface area contributed by atoms with Gasteiger partial charge in [0.15, 0.2) is 0 Å². The van der Waals surface area contributed by atoms with Gasteiger partial charge in [0, 0.05) is 12.1 Å². The van der Waals surface area contributed by atoms with Crippen LogP contribution in [0.4, 0.5) is 5.69 Å². The fraction of sp³-hybridized carbons (Fsp3) is 0.391. The summed E-state index contributed by atoms with van der Waals surface area (Å²) in [6.45, 7) is 6.52. The number of carbonyl (C=O) groups is 2. The molecule has 2 amide bonds. The van der Waals surface area contributed by atoms with Gasteiger partial charge in [-0.1, -0.05) is 53.0 Å². The first-order chi connectivity index (χ1) is 15.6. The van der Waals surface area contributed by atoms with Gasteiger partial charge < -0.3 is 10.2 Å². The Hall–Kier alpha value is -2.00. The lowest BCUT2D eigenvalue weighted by Crippen LogP contribution is -2.54. The number of amides is 2. The number of rotatable bonds is 8. The SMILES string of the molecule is C[C@H](C(=O)NC(C)(C)C)N(Cc1ccc(Cl)c(Cl)c1)C(=O)CN(c1ccccc1Cl)S(C)(=O)=O. The summed E-state index contributed by atoms with van der Waals surface area (Å²) in [5.74, 6) is -0.975. The molecule has 0 heterocycles. The number of hydrogen-bond donors (Lipinski definition) is 1. The van der Waals surface area contributed by atoms with Crippen LogP contribution in [-0.2, 0) is 26.2 Å². The second-order valence-corrected chi connectivity index (χ2v) is 12.0. The van der Waals surface area contributed by atoms with Crippen molar-refractivity contribution in [2.45, 2.75) is 45.8 Å². The van der Waals surface area contributed by atoms with Crippen molar-refractivity contribution in [2.24, 2.45) is 0 Å². The minimum atomic E-state index is -3.87. The molecule has 2 aromatic carbocycles. The molecule has 0 fully saturated rings. The molecule has 7 nitrogen and oxygen atoms in total. The quantitative estimate of drug-likeness (QED) is 0.516. The van der Waals surface area contributed by atoms with Crippen LogP contribution in [-0.4, -0.2) is 49.5 Å². The number of nitrogens with zero attached hydrogens (tertiary/aromatic N) is 2. The molecule has 2 rings (SSSR count). The second kappa shape index (κ2) is 11.2. The molecule has 0 aliphatic rings. The van der Waals surface area contributed by atoms with Crippen LogP contribution in [0.2, 0.25) is 15.1 Å². The van der Waals surface area contributed by atoms with Gasteiger partial charge in [-0.05, 0) is 57.5 Å². The average molecular weight is 549 g/mol. The van der Waals surface area contributed by atoms with Gasteiger partial charge >= 0.3 is 0 Å². The number of sulfonamides is 1. The normalized spacial score (nSPS) is 12.7. The molecule has 0 saturated carbocycles. The van der Waals surface area contributed by atoms with Crippen molar-refractivity contribution in [2.75, 3.05) is 17.1 Å². The van der Waals surface area contributed by atoms with E-state index in [2.05, 4.69) is 5.32 Å². The van der Waals surface area contributed by atoms with Crippen molar-refractivity contribution in [3.05, 3.63) is 63.1 Å². The molecule has 0 spiro atoms. The van der Waals surface area contributed by atoms with Crippen molar-refractivity contribution >= 4 is 62.3 Å². The molecule has 1 atom stereocenters. The highest BCUT2D eigenvalue weighted by Crippen LogP contribution is 2.28. The molecule has 0 aliphatic heterocycles. The van der Waals surface area contributed by atoms with E-state index < -0.39 is 34.1 Å². The summed E-state index contributed by atoms with van der Waals surface area (Å²) >= 11 is 18.3. The van der Waals surface area contributed by atoms with Crippen molar-refractivity contribution < 1.29 is 18.0 Å². The standard InChI is InChI=1S/C23H28Cl3N3O4S/c1-15(22(31)27-23(2,3)4)28(13-16-10-11-17(24)19(26)12-16)21(30)14-29(34(5,32)33)20-9-7-6-8-18(20)25/h6-12,15H,13-14H2,1-5H3,(H,27,31)/t15-/m1/s1. The Labute approximate surface area is 216 Å². The van der Waals surface area contributed by atoms with E-state index in [4.69, 9.17) is 34.8 Å². The van der Waals surface area contributed by atoms with Crippen LogP contribution in [0.1, 0.15) is 33.3 Å². The molecule has 0 radical (unpaired) electrons. The highest BCUT2D eigenvalue weighted by Gasteiger charge is 2.32. The van der Waals surface area contributed by atoms with Gasteiger partial charge in [0.25, 0.3) is 0 Å². The first-order valence-corrected chi connectivity index (χ1v) is 13.4. The third-order valence-electron chi connectivity index (χ3n) is 4.80. The number of carbonyl (C=O) groups excluding carboxylic acids is 2. The Morgan fingerprint density at radius 2 is 1.62 bits per heavy atom. The summed E-state index contributed by atoms with van der Waals surface area (Å²) < 4.78 is 26.0. The summed E-state index contributed by atoms with van der Waals surface area (Å²) in [4.78, 5) is 27.7. The van der Waals surface area contributed by atoms with Gasteiger partial charge in [0.2, 0.25) is 21.8 Å². The van der Waals surface area contributed by atoms with E-state index in [0.717, 1.165) is 10.6 Å². The zero-order chi connectivity index (χ0) is 25.8. The molecule has 0 bridgehead atoms. The maximum atomic E-state index is 13.5. The molecular formula is C23H28Cl3N3O4S. The molecular weight excluding hydrogens is 521 g/mol. The van der Waals surface area contributed by atoms with E-state index in [-0.39, 0.29) is 23.2 Å². The summed E-state index contributed by atoms with van der Waals surface area (Å²) in [5, 5.41) is 3.68. The molecule has 0 saturated heterocycles. The molecule has 0 aliphatic carbocycles. The van der Waals surface area contributed by atoms with E-state index in [1.807, 2.05) is 20.8 Å². The Bertz CT molecular complexity index is 1170. The number of halogens is 3. The van der Waals surface area contributed by atoms with Crippen LogP contribution in [0.15, 0.2) is 42.5 Å². The highest BCUT2D eigenvalue weighted by atomic mass is 35.5. The zero-order valence-electron chi connectivity index (χ0n) is 19.6. The van der Waals surface area contributed by atoms with E-state index >= 15 is 0 Å². The Morgan fingerprint density at radius 3 is 2.15 bits per heavy atom. The number of benzene rings is 2. The van der Waals surface area contributed by atoms with Gasteiger partial charge in [-0.2, -0.15) is 0 Å². The number of hydrogen-bond acceptors (Lipinski definition) is 4. The topological polar surface area (TPSA) is 86.8 Å². The lowest BCUT2D eigenvalue weighted by Gasteiger charge is -2.33. The number of anilines is 1. The maximum absolute atomic E-state index is 13.5. The van der Waals surface area contributed by atoms with Crippen LogP contribution in [0.3, 0.4) is 0 Å². The van der Waals surface area contributed by atoms with Crippen LogP contribution in [0, 0.1) is 0 Å². The predicted molar refractivity (Wildman–Crippen MR) is 138 cm³/mol. The van der Waals surface area contributed by atoms with Gasteiger partial charge in [0.05, 0.1) is 27.0 Å². The molecule has 0 unspecified atom stereocenters. The Morgan fingerprint density at radius 1 is 1.00 bits per heavy atom. The zero-order valence-corrected chi connectivity index (χ0v) is 22.7. The van der Waals surface area contributed by atoms with Crippen LogP contribution >= 0.6 is 34.8 Å². The summed E-state index contributed by atoms with van der Waals surface area (Å²) in [6.07, 6.45) is 0.989. The smallest absolute Gasteiger partial charge is 0.244 e. The van der Waals surface area contributed by atoms with E-state index in [1.54, 1.807) is 37.3 Å². The van der Waals surface area contributed by atoms with Crippen molar-refractivity contribution in [3.8, 4) is 0 Å². The summed E-state index contributed by atoms with van der Waals surface area (Å²) in [7, 11) is -3.87. The molecule has 2 aromatic rings. The summed E-state index contributed by atoms with van der Waals surface area (Å²) in [6, 6.07) is 10.3. The maximum Gasteiger partial charge on any atom is 0.244 e. The predicted octanol–water partition coefficient (Wildman–Crippen LogP) is 4.74. The average Bonchev–Trinajstić information content (AvgIpc) is 2.70. The first kappa shape index (κ1) is 28.2. The van der Waals surface area contributed by atoms with Crippen molar-refractivity contribution in [1.29, 1.82) is 0 Å². The largest absolute Gasteiger partial charge is 0.350 e. The van der Waals surface area contributed by atoms with E-state index in [1.165, 1.54) is 17.0 Å². The van der Waals surface area contributed by atoms with Crippen LogP contribution in [0.25, 0.3) is 0 Å². The van der Waals surface area contributed by atoms with Crippen molar-refractivity contribution in [1.82, 2.24) is 10.2 Å². The van der Waals surface area contributed by atoms with Crippen LogP contribution < -0.4 is 9.62 Å². The fourth-order valence-corrected chi connectivity index (χ4v) is 4.61. The second-order valence-electron chi connectivity index (χ2n) is 8.91. The first-order valence-electron chi connectivity index (χ1n) is 10.4. The molecule has 186 valence electrons. The Balaban J connectivity index is 2.44. The third-order valence-corrected chi connectivity index (χ3v) is 6.99. The fourth-order valence-electron chi connectivity index (χ4n) is 3.14. The molecule has 1 N–H and O–H groups in total. The minimum absolute atomic E-state index is 0.00851. The number of para-hydroxylation sites is 1. The van der Waals surface area contributed by atoms with E-state index in [0.29, 0.717) is 15.6 Å². The monoisotopic (exact) mass is 547 g/mol. The van der Waals surface area contributed by atoms with Crippen molar-refractivity contribution in [3.63, 3.8) is 0 Å². The van der Waals surface area contributed by atoms with Gasteiger partial charge in [-0.25, -0.2) is 8.42 Å². The van der Waals surface area contributed by atoms with Gasteiger partial charge in [0.1, 0.15) is 12.6 Å². The van der Waals surface area contributed by atoms with Gasteiger partial charge in [-0.3, -0.25) is 13.9 Å². The lowest BCUT2D eigenvalue weighted by atomic mass is 10.1. The Kier molecular flexibility index (Phi) is 9.27. The number of nitrogens with one attached hydrogen (secondary N) is 1. The molecule has 11 heteroatoms. The van der Waals surface area contributed by atoms with Gasteiger partial charge in [-0.15, -0.1) is 0 Å². The lowest BCUT2D eigenvalue weighted by molar-refractivity contribution is -0.140. The molecule has 0 aromatic heterocycles. The molecule has 34 heavy (non-hydrogen) atoms. The van der Waals surface area contributed by atoms with Crippen LogP contribution in [0.5, 0.6) is 0 Å². The summed E-state index contributed by atoms with van der Waals surface area (Å²) in [5.41, 5.74) is 0.267. The third kappa shape index (κ3) is 7.77. The van der Waals surface area contributed by atoms with E-state index in [9.17, 15) is 18.0 Å².